The average molecular weight is 573 g/mol. The number of nitrogens with zero attached hydrogens (tertiary/aromatic N) is 5. The number of anilines is 1. The smallest absolute Gasteiger partial charge is 0.295 e. The molecule has 0 aliphatic rings. The highest BCUT2D eigenvalue weighted by molar-refractivity contribution is 6.10. The van der Waals surface area contributed by atoms with Crippen molar-refractivity contribution in [1.29, 1.82) is 5.26 Å². The van der Waals surface area contributed by atoms with Crippen molar-refractivity contribution in [3.05, 3.63) is 118 Å². The molecule has 1 amide bonds. The van der Waals surface area contributed by atoms with Gasteiger partial charge >= 0.3 is 0 Å². The van der Waals surface area contributed by atoms with Gasteiger partial charge in [-0.05, 0) is 55.8 Å². The number of carbonyl (C=O) groups excluding carboxylic acids is 1. The highest BCUT2D eigenvalue weighted by Gasteiger charge is 2.21. The molecule has 0 atom stereocenters. The molecule has 9 heteroatoms. The van der Waals surface area contributed by atoms with E-state index in [1.165, 1.54) is 10.8 Å². The number of unbranched alkanes of at least 4 members (excludes halogenated alkanes) is 1. The van der Waals surface area contributed by atoms with Crippen molar-refractivity contribution in [2.75, 3.05) is 11.9 Å². The Kier molecular flexibility index (Phi) is 8.68. The van der Waals surface area contributed by atoms with E-state index in [4.69, 9.17) is 9.84 Å². The Bertz CT molecular complexity index is 1870. The second kappa shape index (κ2) is 12.9. The van der Waals surface area contributed by atoms with Crippen molar-refractivity contribution in [2.45, 2.75) is 26.7 Å². The predicted octanol–water partition coefficient (Wildman–Crippen LogP) is 6.06. The van der Waals surface area contributed by atoms with Gasteiger partial charge in [-0.2, -0.15) is 10.4 Å². The Labute approximate surface area is 249 Å². The van der Waals surface area contributed by atoms with Crippen LogP contribution in [0.15, 0.2) is 101 Å². The van der Waals surface area contributed by atoms with Gasteiger partial charge in [0.1, 0.15) is 28.8 Å². The maximum atomic E-state index is 13.4. The second-order valence-corrected chi connectivity index (χ2v) is 10.0. The minimum Gasteiger partial charge on any atom is -0.494 e. The standard InChI is InChI=1S/C34H32N6O3/c1-4-5-19-43-30-18-12-13-25(21-30)32-27(23-39(37-32)28-14-8-6-9-15-28)20-26(22-35)33(41)36-31-24(2)38(3)40(34(31)42)29-16-10-7-11-17-29/h6-18,20-21,23H,4-5,19H2,1-3H3,(H,36,41). The summed E-state index contributed by atoms with van der Waals surface area (Å²) in [6.45, 7) is 4.45. The van der Waals surface area contributed by atoms with Gasteiger partial charge in [0.05, 0.1) is 23.7 Å². The molecule has 0 aliphatic carbocycles. The molecule has 5 aromatic rings. The summed E-state index contributed by atoms with van der Waals surface area (Å²) in [7, 11) is 1.74. The zero-order chi connectivity index (χ0) is 30.3. The Morgan fingerprint density at radius 1 is 1.02 bits per heavy atom. The van der Waals surface area contributed by atoms with Crippen LogP contribution >= 0.6 is 0 Å². The van der Waals surface area contributed by atoms with E-state index in [1.54, 1.807) is 29.5 Å². The van der Waals surface area contributed by atoms with Crippen LogP contribution in [-0.2, 0) is 11.8 Å². The molecule has 0 saturated heterocycles. The number of nitrogens with one attached hydrogen (secondary N) is 1. The molecular weight excluding hydrogens is 540 g/mol. The molecule has 2 aromatic heterocycles. The van der Waals surface area contributed by atoms with E-state index in [-0.39, 0.29) is 11.3 Å². The first-order valence-corrected chi connectivity index (χ1v) is 14.1. The van der Waals surface area contributed by atoms with Crippen molar-refractivity contribution in [3.63, 3.8) is 0 Å². The van der Waals surface area contributed by atoms with Gasteiger partial charge < -0.3 is 10.1 Å². The van der Waals surface area contributed by atoms with E-state index in [2.05, 4.69) is 12.2 Å². The number of para-hydroxylation sites is 2. The van der Waals surface area contributed by atoms with E-state index in [0.717, 1.165) is 24.1 Å². The lowest BCUT2D eigenvalue weighted by molar-refractivity contribution is -0.112. The summed E-state index contributed by atoms with van der Waals surface area (Å²) >= 11 is 0. The third-order valence-corrected chi connectivity index (χ3v) is 7.10. The zero-order valence-electron chi connectivity index (χ0n) is 24.3. The fourth-order valence-electron chi connectivity index (χ4n) is 4.70. The third-order valence-electron chi connectivity index (χ3n) is 7.10. The monoisotopic (exact) mass is 572 g/mol. The van der Waals surface area contributed by atoms with Gasteiger partial charge in [-0.1, -0.05) is 61.9 Å². The van der Waals surface area contributed by atoms with Crippen LogP contribution in [0.5, 0.6) is 5.75 Å². The Hall–Kier alpha value is -5.62. The summed E-state index contributed by atoms with van der Waals surface area (Å²) in [6.07, 6.45) is 5.24. The number of hydrogen-bond acceptors (Lipinski definition) is 5. The molecule has 1 N–H and O–H groups in total. The molecule has 216 valence electrons. The van der Waals surface area contributed by atoms with Crippen LogP contribution in [0.2, 0.25) is 0 Å². The Morgan fingerprint density at radius 3 is 2.40 bits per heavy atom. The molecule has 0 radical (unpaired) electrons. The maximum absolute atomic E-state index is 13.4. The summed E-state index contributed by atoms with van der Waals surface area (Å²) in [6, 6.07) is 28.3. The van der Waals surface area contributed by atoms with Gasteiger partial charge in [0, 0.05) is 24.4 Å². The van der Waals surface area contributed by atoms with Gasteiger partial charge in [-0.15, -0.1) is 0 Å². The predicted molar refractivity (Wildman–Crippen MR) is 167 cm³/mol. The Balaban J connectivity index is 1.52. The summed E-state index contributed by atoms with van der Waals surface area (Å²) in [4.78, 5) is 26.8. The topological polar surface area (TPSA) is 107 Å². The summed E-state index contributed by atoms with van der Waals surface area (Å²) < 4.78 is 10.8. The number of benzene rings is 3. The highest BCUT2D eigenvalue weighted by atomic mass is 16.5. The van der Waals surface area contributed by atoms with Gasteiger partial charge in [0.2, 0.25) is 0 Å². The second-order valence-electron chi connectivity index (χ2n) is 10.0. The van der Waals surface area contributed by atoms with Gasteiger partial charge in [0.25, 0.3) is 11.5 Å². The fourth-order valence-corrected chi connectivity index (χ4v) is 4.70. The zero-order valence-corrected chi connectivity index (χ0v) is 24.3. The number of aromatic nitrogens is 4. The van der Waals surface area contributed by atoms with Gasteiger partial charge in [0.15, 0.2) is 0 Å². The molecule has 0 aliphatic heterocycles. The number of nitriles is 1. The van der Waals surface area contributed by atoms with Crippen molar-refractivity contribution < 1.29 is 9.53 Å². The van der Waals surface area contributed by atoms with Crippen LogP contribution in [-0.4, -0.2) is 31.7 Å². The van der Waals surface area contributed by atoms with Crippen LogP contribution in [0.3, 0.4) is 0 Å². The SMILES string of the molecule is CCCCOc1cccc(-c2nn(-c3ccccc3)cc2C=C(C#N)C(=O)Nc2c(C)n(C)n(-c3ccccc3)c2=O)c1. The average Bonchev–Trinajstić information content (AvgIpc) is 3.55. The van der Waals surface area contributed by atoms with Gasteiger partial charge in [-0.25, -0.2) is 9.36 Å². The lowest BCUT2D eigenvalue weighted by Gasteiger charge is -2.07. The summed E-state index contributed by atoms with van der Waals surface area (Å²) in [5.41, 5.74) is 3.49. The first-order chi connectivity index (χ1) is 20.9. The number of hydrogen-bond donors (Lipinski definition) is 1. The number of rotatable bonds is 10. The third kappa shape index (κ3) is 6.19. The molecule has 0 fully saturated rings. The van der Waals surface area contributed by atoms with E-state index < -0.39 is 11.5 Å². The molecule has 3 aromatic carbocycles. The molecule has 0 saturated carbocycles. The number of carbonyl (C=O) groups is 1. The van der Waals surface area contributed by atoms with Crippen LogP contribution in [0.25, 0.3) is 28.7 Å². The maximum Gasteiger partial charge on any atom is 0.295 e. The van der Waals surface area contributed by atoms with E-state index >= 15 is 0 Å². The summed E-state index contributed by atoms with van der Waals surface area (Å²) in [5.74, 6) is 0.0196. The van der Waals surface area contributed by atoms with Gasteiger partial charge in [-0.3, -0.25) is 14.3 Å². The van der Waals surface area contributed by atoms with Crippen LogP contribution in [0.1, 0.15) is 31.0 Å². The number of amides is 1. The lowest BCUT2D eigenvalue weighted by Crippen LogP contribution is -2.23. The van der Waals surface area contributed by atoms with Crippen LogP contribution < -0.4 is 15.6 Å². The Morgan fingerprint density at radius 2 is 1.72 bits per heavy atom. The van der Waals surface area contributed by atoms with Crippen molar-refractivity contribution in [3.8, 4) is 34.5 Å². The first-order valence-electron chi connectivity index (χ1n) is 14.1. The van der Waals surface area contributed by atoms with E-state index in [0.29, 0.717) is 35.0 Å². The molecule has 0 unspecified atom stereocenters. The molecule has 5 rings (SSSR count). The molecule has 9 nitrogen and oxygen atoms in total. The summed E-state index contributed by atoms with van der Waals surface area (Å²) in [5, 5.41) is 17.5. The van der Waals surface area contributed by atoms with Crippen LogP contribution in [0.4, 0.5) is 5.69 Å². The largest absolute Gasteiger partial charge is 0.494 e. The first kappa shape index (κ1) is 28.9. The normalized spacial score (nSPS) is 11.3. The molecule has 0 bridgehead atoms. The lowest BCUT2D eigenvalue weighted by atomic mass is 10.1. The molecule has 43 heavy (non-hydrogen) atoms. The van der Waals surface area contributed by atoms with Crippen molar-refractivity contribution in [2.24, 2.45) is 7.05 Å². The minimum absolute atomic E-state index is 0.106. The number of ether oxygens (including phenoxy) is 1. The van der Waals surface area contributed by atoms with Crippen molar-refractivity contribution in [1.82, 2.24) is 19.1 Å². The molecule has 0 spiro atoms. The molecule has 2 heterocycles. The quantitative estimate of drug-likeness (QED) is 0.124. The van der Waals surface area contributed by atoms with Crippen LogP contribution in [0, 0.1) is 18.3 Å². The van der Waals surface area contributed by atoms with Crippen molar-refractivity contribution >= 4 is 17.7 Å². The minimum atomic E-state index is -0.691. The molecular formula is C34H32N6O3. The fraction of sp³-hybridized carbons (Fsp3) is 0.176. The van der Waals surface area contributed by atoms with E-state index in [9.17, 15) is 14.9 Å². The highest BCUT2D eigenvalue weighted by Crippen LogP contribution is 2.29. The van der Waals surface area contributed by atoms with E-state index in [1.807, 2.05) is 91.0 Å².